The molecule has 0 aliphatic carbocycles. The SMILES string of the molecule is CC(O)C(C(=O)O)n1cnnc1CCC(F)(F)F. The molecule has 2 N–H and O–H groups in total. The summed E-state index contributed by atoms with van der Waals surface area (Å²) in [5.41, 5.74) is 0. The number of aryl methyl sites for hydroxylation is 1. The largest absolute Gasteiger partial charge is 0.480 e. The van der Waals surface area contributed by atoms with Crippen molar-refractivity contribution in [2.45, 2.75) is 38.1 Å². The number of aliphatic hydroxyl groups excluding tert-OH is 1. The van der Waals surface area contributed by atoms with Crippen molar-refractivity contribution in [1.82, 2.24) is 14.8 Å². The Hall–Kier alpha value is -1.64. The van der Waals surface area contributed by atoms with Gasteiger partial charge in [0.05, 0.1) is 12.5 Å². The Morgan fingerprint density at radius 2 is 2.17 bits per heavy atom. The summed E-state index contributed by atoms with van der Waals surface area (Å²) < 4.78 is 37.2. The van der Waals surface area contributed by atoms with E-state index >= 15 is 0 Å². The van der Waals surface area contributed by atoms with Crippen LogP contribution in [0.2, 0.25) is 0 Å². The fourth-order valence-corrected chi connectivity index (χ4v) is 1.49. The third kappa shape index (κ3) is 3.69. The molecule has 0 aromatic carbocycles. The zero-order chi connectivity index (χ0) is 13.9. The van der Waals surface area contributed by atoms with Gasteiger partial charge >= 0.3 is 12.1 Å². The number of hydrogen-bond donors (Lipinski definition) is 2. The summed E-state index contributed by atoms with van der Waals surface area (Å²) in [6.45, 7) is 1.23. The van der Waals surface area contributed by atoms with Crippen molar-refractivity contribution in [3.63, 3.8) is 0 Å². The zero-order valence-corrected chi connectivity index (χ0v) is 9.42. The summed E-state index contributed by atoms with van der Waals surface area (Å²) in [5, 5.41) is 25.1. The highest BCUT2D eigenvalue weighted by Crippen LogP contribution is 2.23. The number of aliphatic carboxylic acids is 1. The first kappa shape index (κ1) is 14.4. The van der Waals surface area contributed by atoms with Crippen molar-refractivity contribution in [2.75, 3.05) is 0 Å². The van der Waals surface area contributed by atoms with E-state index in [4.69, 9.17) is 5.11 Å². The number of aliphatic hydroxyl groups is 1. The van der Waals surface area contributed by atoms with Crippen LogP contribution in [0.5, 0.6) is 0 Å². The predicted octanol–water partition coefficient (Wildman–Crippen LogP) is 0.779. The van der Waals surface area contributed by atoms with Gasteiger partial charge in [-0.05, 0) is 6.92 Å². The Labute approximate surface area is 100 Å². The molecule has 9 heteroatoms. The molecule has 0 radical (unpaired) electrons. The smallest absolute Gasteiger partial charge is 0.389 e. The lowest BCUT2D eigenvalue weighted by Crippen LogP contribution is -2.30. The van der Waals surface area contributed by atoms with Gasteiger partial charge in [0.25, 0.3) is 0 Å². The van der Waals surface area contributed by atoms with Gasteiger partial charge in [0.15, 0.2) is 6.04 Å². The number of hydrogen-bond acceptors (Lipinski definition) is 4. The molecule has 0 saturated heterocycles. The van der Waals surface area contributed by atoms with Gasteiger partial charge in [-0.3, -0.25) is 0 Å². The lowest BCUT2D eigenvalue weighted by molar-refractivity contribution is -0.144. The number of rotatable bonds is 5. The fraction of sp³-hybridized carbons (Fsp3) is 0.667. The molecule has 1 heterocycles. The highest BCUT2D eigenvalue weighted by atomic mass is 19.4. The molecule has 0 fully saturated rings. The minimum absolute atomic E-state index is 0.124. The van der Waals surface area contributed by atoms with Gasteiger partial charge in [0, 0.05) is 6.42 Å². The molecule has 1 aromatic heterocycles. The van der Waals surface area contributed by atoms with Gasteiger partial charge in [-0.2, -0.15) is 13.2 Å². The van der Waals surface area contributed by atoms with Crippen molar-refractivity contribution >= 4 is 5.97 Å². The fourth-order valence-electron chi connectivity index (χ4n) is 1.49. The first-order chi connectivity index (χ1) is 8.22. The highest BCUT2D eigenvalue weighted by Gasteiger charge is 2.31. The number of halogens is 3. The van der Waals surface area contributed by atoms with Crippen molar-refractivity contribution in [3.8, 4) is 0 Å². The normalized spacial score (nSPS) is 15.4. The molecule has 2 unspecified atom stereocenters. The number of carbonyl (C=O) groups is 1. The summed E-state index contributed by atoms with van der Waals surface area (Å²) in [5.74, 6) is -1.49. The zero-order valence-electron chi connectivity index (χ0n) is 9.42. The second kappa shape index (κ2) is 5.34. The molecule has 0 amide bonds. The lowest BCUT2D eigenvalue weighted by atomic mass is 10.1. The Kier molecular flexibility index (Phi) is 4.28. The van der Waals surface area contributed by atoms with Crippen LogP contribution in [0.1, 0.15) is 25.2 Å². The van der Waals surface area contributed by atoms with Crippen LogP contribution in [0.15, 0.2) is 6.33 Å². The molecule has 0 aliphatic heterocycles. The first-order valence-corrected chi connectivity index (χ1v) is 5.08. The molecular weight excluding hydrogens is 255 g/mol. The first-order valence-electron chi connectivity index (χ1n) is 5.08. The third-order valence-corrected chi connectivity index (χ3v) is 2.29. The monoisotopic (exact) mass is 267 g/mol. The minimum Gasteiger partial charge on any atom is -0.480 e. The molecule has 1 aromatic rings. The second-order valence-corrected chi connectivity index (χ2v) is 3.79. The van der Waals surface area contributed by atoms with Crippen molar-refractivity contribution in [1.29, 1.82) is 0 Å². The second-order valence-electron chi connectivity index (χ2n) is 3.79. The van der Waals surface area contributed by atoms with Crippen LogP contribution in [0, 0.1) is 0 Å². The number of carboxylic acid groups (broad SMARTS) is 1. The van der Waals surface area contributed by atoms with Crippen LogP contribution in [0.4, 0.5) is 13.2 Å². The van der Waals surface area contributed by atoms with E-state index in [2.05, 4.69) is 10.2 Å². The topological polar surface area (TPSA) is 88.2 Å². The standard InChI is InChI=1S/C9H12F3N3O3/c1-5(16)7(8(17)18)15-4-13-14-6(15)2-3-9(10,11)12/h4-5,7,16H,2-3H2,1H3,(H,17,18). The van der Waals surface area contributed by atoms with E-state index in [1.165, 1.54) is 6.92 Å². The Balaban J connectivity index is 2.90. The van der Waals surface area contributed by atoms with Crippen LogP contribution in [0.3, 0.4) is 0 Å². The van der Waals surface area contributed by atoms with Gasteiger partial charge in [-0.1, -0.05) is 0 Å². The van der Waals surface area contributed by atoms with E-state index < -0.39 is 37.1 Å². The average molecular weight is 267 g/mol. The lowest BCUT2D eigenvalue weighted by Gasteiger charge is -2.18. The maximum Gasteiger partial charge on any atom is 0.389 e. The van der Waals surface area contributed by atoms with Crippen LogP contribution < -0.4 is 0 Å². The van der Waals surface area contributed by atoms with Crippen molar-refractivity contribution in [3.05, 3.63) is 12.2 Å². The van der Waals surface area contributed by atoms with Gasteiger partial charge < -0.3 is 14.8 Å². The molecule has 0 saturated carbocycles. The molecule has 0 spiro atoms. The van der Waals surface area contributed by atoms with Gasteiger partial charge in [0.2, 0.25) is 0 Å². The van der Waals surface area contributed by atoms with E-state index in [0.29, 0.717) is 0 Å². The molecule has 18 heavy (non-hydrogen) atoms. The Morgan fingerprint density at radius 3 is 2.61 bits per heavy atom. The van der Waals surface area contributed by atoms with Crippen LogP contribution in [-0.2, 0) is 11.2 Å². The van der Waals surface area contributed by atoms with Gasteiger partial charge in [0.1, 0.15) is 12.2 Å². The number of nitrogens with zero attached hydrogens (tertiary/aromatic N) is 3. The van der Waals surface area contributed by atoms with E-state index in [9.17, 15) is 23.1 Å². The highest BCUT2D eigenvalue weighted by molar-refractivity contribution is 5.72. The molecule has 0 bridgehead atoms. The van der Waals surface area contributed by atoms with Crippen molar-refractivity contribution < 1.29 is 28.2 Å². The van der Waals surface area contributed by atoms with E-state index in [0.717, 1.165) is 10.9 Å². The maximum atomic E-state index is 12.1. The van der Waals surface area contributed by atoms with Crippen molar-refractivity contribution in [2.24, 2.45) is 0 Å². The van der Waals surface area contributed by atoms with E-state index in [1.807, 2.05) is 0 Å². The molecular formula is C9H12F3N3O3. The number of aromatic nitrogens is 3. The summed E-state index contributed by atoms with van der Waals surface area (Å²) in [7, 11) is 0. The minimum atomic E-state index is -4.36. The molecule has 2 atom stereocenters. The molecule has 0 aliphatic rings. The van der Waals surface area contributed by atoms with Gasteiger partial charge in [-0.15, -0.1) is 10.2 Å². The quantitative estimate of drug-likeness (QED) is 0.823. The summed E-state index contributed by atoms with van der Waals surface area (Å²) in [4.78, 5) is 10.9. The number of carboxylic acids is 1. The average Bonchev–Trinajstić information content (AvgIpc) is 2.60. The third-order valence-electron chi connectivity index (χ3n) is 2.29. The Bertz CT molecular complexity index is 417. The number of alkyl halides is 3. The van der Waals surface area contributed by atoms with Gasteiger partial charge in [-0.25, -0.2) is 4.79 Å². The molecule has 6 nitrogen and oxygen atoms in total. The summed E-state index contributed by atoms with van der Waals surface area (Å²) in [6.07, 6.45) is -6.25. The van der Waals surface area contributed by atoms with E-state index in [1.54, 1.807) is 0 Å². The summed E-state index contributed by atoms with van der Waals surface area (Å²) in [6, 6.07) is -1.40. The van der Waals surface area contributed by atoms with E-state index in [-0.39, 0.29) is 5.82 Å². The summed E-state index contributed by atoms with van der Waals surface area (Å²) >= 11 is 0. The molecule has 1 rings (SSSR count). The Morgan fingerprint density at radius 1 is 1.56 bits per heavy atom. The molecule has 102 valence electrons. The van der Waals surface area contributed by atoms with Crippen LogP contribution in [0.25, 0.3) is 0 Å². The van der Waals surface area contributed by atoms with Crippen LogP contribution >= 0.6 is 0 Å². The van der Waals surface area contributed by atoms with Crippen LogP contribution in [-0.4, -0.2) is 43.2 Å². The maximum absolute atomic E-state index is 12.1. The predicted molar refractivity (Wildman–Crippen MR) is 52.8 cm³/mol.